The largest absolute Gasteiger partial charge is 0.393 e. The van der Waals surface area contributed by atoms with Gasteiger partial charge in [0.25, 0.3) is 0 Å². The summed E-state index contributed by atoms with van der Waals surface area (Å²) >= 11 is 0. The summed E-state index contributed by atoms with van der Waals surface area (Å²) in [5, 5.41) is 11.6. The van der Waals surface area contributed by atoms with Crippen LogP contribution in [0.5, 0.6) is 0 Å². The minimum atomic E-state index is -0.404. The first-order valence-corrected chi connectivity index (χ1v) is 4.79. The Morgan fingerprint density at radius 2 is 2.15 bits per heavy atom. The van der Waals surface area contributed by atoms with Crippen molar-refractivity contribution in [3.8, 4) is 0 Å². The molecule has 0 aromatic heterocycles. The molecular weight excluding hydrogens is 168 g/mol. The zero-order valence-electron chi connectivity index (χ0n) is 8.42. The highest BCUT2D eigenvalue weighted by atomic mass is 16.3. The van der Waals surface area contributed by atoms with Crippen molar-refractivity contribution in [3.05, 3.63) is 0 Å². The molecule has 0 saturated carbocycles. The van der Waals surface area contributed by atoms with Crippen molar-refractivity contribution in [1.82, 2.24) is 5.32 Å². The Labute approximate surface area is 79.5 Å². The van der Waals surface area contributed by atoms with E-state index in [0.717, 1.165) is 6.42 Å². The maximum atomic E-state index is 11.2. The van der Waals surface area contributed by atoms with Gasteiger partial charge in [0.1, 0.15) is 0 Å². The molecule has 2 atom stereocenters. The maximum absolute atomic E-state index is 11.2. The summed E-state index contributed by atoms with van der Waals surface area (Å²) < 4.78 is 0. The van der Waals surface area contributed by atoms with Gasteiger partial charge in [0, 0.05) is 6.54 Å². The minimum Gasteiger partial charge on any atom is -0.393 e. The second-order valence-electron chi connectivity index (χ2n) is 3.32. The van der Waals surface area contributed by atoms with E-state index in [4.69, 9.17) is 10.8 Å². The van der Waals surface area contributed by atoms with Gasteiger partial charge in [-0.25, -0.2) is 0 Å². The highest BCUT2D eigenvalue weighted by molar-refractivity contribution is 5.81. The average molecular weight is 188 g/mol. The molecule has 1 amide bonds. The van der Waals surface area contributed by atoms with Gasteiger partial charge >= 0.3 is 0 Å². The maximum Gasteiger partial charge on any atom is 0.236 e. The van der Waals surface area contributed by atoms with Crippen LogP contribution in [0.3, 0.4) is 0 Å². The van der Waals surface area contributed by atoms with Gasteiger partial charge in [0.2, 0.25) is 5.91 Å². The molecule has 1 unspecified atom stereocenters. The standard InChI is InChI=1S/C9H20N2O2/c1-3-4-8(10)9(13)11-6-5-7(2)12/h7-8,12H,3-6,10H2,1-2H3,(H,11,13)/t7?,8-/m0/s1. The summed E-state index contributed by atoms with van der Waals surface area (Å²) in [6.07, 6.45) is 1.82. The number of hydrogen-bond donors (Lipinski definition) is 3. The van der Waals surface area contributed by atoms with E-state index >= 15 is 0 Å². The van der Waals surface area contributed by atoms with Crippen molar-refractivity contribution in [2.24, 2.45) is 5.73 Å². The van der Waals surface area contributed by atoms with Gasteiger partial charge < -0.3 is 16.2 Å². The normalized spacial score (nSPS) is 15.1. The van der Waals surface area contributed by atoms with Crippen LogP contribution >= 0.6 is 0 Å². The van der Waals surface area contributed by atoms with Gasteiger partial charge in [0.15, 0.2) is 0 Å². The number of rotatable bonds is 6. The molecule has 0 aromatic rings. The molecule has 0 aliphatic heterocycles. The summed E-state index contributed by atoms with van der Waals surface area (Å²) in [5.41, 5.74) is 5.57. The fourth-order valence-electron chi connectivity index (χ4n) is 0.977. The Morgan fingerprint density at radius 3 is 2.62 bits per heavy atom. The third-order valence-electron chi connectivity index (χ3n) is 1.80. The van der Waals surface area contributed by atoms with Crippen LogP contribution in [0.4, 0.5) is 0 Å². The third-order valence-corrected chi connectivity index (χ3v) is 1.80. The van der Waals surface area contributed by atoms with Crippen LogP contribution < -0.4 is 11.1 Å². The average Bonchev–Trinajstić information content (AvgIpc) is 2.04. The van der Waals surface area contributed by atoms with Gasteiger partial charge in [-0.05, 0) is 19.8 Å². The smallest absolute Gasteiger partial charge is 0.236 e. The number of nitrogens with one attached hydrogen (secondary N) is 1. The summed E-state index contributed by atoms with van der Waals surface area (Å²) in [6, 6.07) is -0.404. The zero-order valence-corrected chi connectivity index (χ0v) is 8.42. The van der Waals surface area contributed by atoms with E-state index in [2.05, 4.69) is 5.32 Å². The lowest BCUT2D eigenvalue weighted by Gasteiger charge is -2.11. The molecule has 4 N–H and O–H groups in total. The summed E-state index contributed by atoms with van der Waals surface area (Å²) in [7, 11) is 0. The van der Waals surface area contributed by atoms with Crippen LogP contribution in [0.15, 0.2) is 0 Å². The number of carbonyl (C=O) groups excluding carboxylic acids is 1. The molecule has 78 valence electrons. The molecule has 0 aromatic carbocycles. The topological polar surface area (TPSA) is 75.4 Å². The molecule has 0 aliphatic carbocycles. The number of hydrogen-bond acceptors (Lipinski definition) is 3. The highest BCUT2D eigenvalue weighted by Gasteiger charge is 2.10. The number of aliphatic hydroxyl groups is 1. The van der Waals surface area contributed by atoms with E-state index in [9.17, 15) is 4.79 Å². The SMILES string of the molecule is CCC[C@H](N)C(=O)NCCC(C)O. The van der Waals surface area contributed by atoms with Gasteiger partial charge in [-0.1, -0.05) is 13.3 Å². The van der Waals surface area contributed by atoms with Gasteiger partial charge in [-0.2, -0.15) is 0 Å². The predicted molar refractivity (Wildman–Crippen MR) is 52.2 cm³/mol. The molecule has 0 rings (SSSR count). The Bertz CT molecular complexity index is 149. The van der Waals surface area contributed by atoms with Crippen molar-refractivity contribution in [2.75, 3.05) is 6.54 Å². The fourth-order valence-corrected chi connectivity index (χ4v) is 0.977. The summed E-state index contributed by atoms with van der Waals surface area (Å²) in [5.74, 6) is -0.123. The summed E-state index contributed by atoms with van der Waals surface area (Å²) in [4.78, 5) is 11.2. The van der Waals surface area contributed by atoms with Gasteiger partial charge in [0.05, 0.1) is 12.1 Å². The molecule has 0 radical (unpaired) electrons. The first-order chi connectivity index (χ1) is 6.07. The van der Waals surface area contributed by atoms with Crippen LogP contribution in [-0.2, 0) is 4.79 Å². The van der Waals surface area contributed by atoms with Crippen LogP contribution in [0, 0.1) is 0 Å². The Balaban J connectivity index is 3.50. The van der Waals surface area contributed by atoms with Crippen molar-refractivity contribution in [3.63, 3.8) is 0 Å². The second kappa shape index (κ2) is 6.86. The van der Waals surface area contributed by atoms with Crippen LogP contribution in [0.1, 0.15) is 33.1 Å². The van der Waals surface area contributed by atoms with Crippen LogP contribution in [-0.4, -0.2) is 29.7 Å². The minimum absolute atomic E-state index is 0.123. The van der Waals surface area contributed by atoms with Crippen molar-refractivity contribution >= 4 is 5.91 Å². The molecule has 13 heavy (non-hydrogen) atoms. The van der Waals surface area contributed by atoms with E-state index < -0.39 is 6.04 Å². The Kier molecular flexibility index (Phi) is 6.54. The Morgan fingerprint density at radius 1 is 1.54 bits per heavy atom. The van der Waals surface area contributed by atoms with Crippen LogP contribution in [0.25, 0.3) is 0 Å². The van der Waals surface area contributed by atoms with E-state index in [-0.39, 0.29) is 12.0 Å². The monoisotopic (exact) mass is 188 g/mol. The Hall–Kier alpha value is -0.610. The quantitative estimate of drug-likeness (QED) is 0.549. The first kappa shape index (κ1) is 12.4. The molecule has 0 fully saturated rings. The molecule has 0 bridgehead atoms. The number of carbonyl (C=O) groups is 1. The molecule has 4 heteroatoms. The van der Waals surface area contributed by atoms with E-state index in [1.807, 2.05) is 6.92 Å². The second-order valence-corrected chi connectivity index (χ2v) is 3.32. The van der Waals surface area contributed by atoms with Crippen LogP contribution in [0.2, 0.25) is 0 Å². The highest BCUT2D eigenvalue weighted by Crippen LogP contribution is 1.93. The lowest BCUT2D eigenvalue weighted by molar-refractivity contribution is -0.122. The van der Waals surface area contributed by atoms with E-state index in [1.54, 1.807) is 6.92 Å². The molecule has 0 spiro atoms. The molecule has 0 heterocycles. The van der Waals surface area contributed by atoms with E-state index in [1.165, 1.54) is 0 Å². The molecule has 4 nitrogen and oxygen atoms in total. The predicted octanol–water partition coefficient (Wildman–Crippen LogP) is 0.000900. The number of aliphatic hydroxyl groups excluding tert-OH is 1. The fraction of sp³-hybridized carbons (Fsp3) is 0.889. The van der Waals surface area contributed by atoms with Gasteiger partial charge in [-0.3, -0.25) is 4.79 Å². The van der Waals surface area contributed by atoms with Gasteiger partial charge in [-0.15, -0.1) is 0 Å². The first-order valence-electron chi connectivity index (χ1n) is 4.79. The van der Waals surface area contributed by atoms with Crippen molar-refractivity contribution < 1.29 is 9.90 Å². The molecule has 0 aliphatic rings. The number of amides is 1. The lowest BCUT2D eigenvalue weighted by Crippen LogP contribution is -2.41. The molecular formula is C9H20N2O2. The van der Waals surface area contributed by atoms with Crippen molar-refractivity contribution in [2.45, 2.75) is 45.3 Å². The molecule has 0 saturated heterocycles. The lowest BCUT2D eigenvalue weighted by atomic mass is 10.1. The summed E-state index contributed by atoms with van der Waals surface area (Å²) in [6.45, 7) is 4.18. The zero-order chi connectivity index (χ0) is 10.3. The third kappa shape index (κ3) is 6.54. The van der Waals surface area contributed by atoms with E-state index in [0.29, 0.717) is 19.4 Å². The number of nitrogens with two attached hydrogens (primary N) is 1. The van der Waals surface area contributed by atoms with Crippen molar-refractivity contribution in [1.29, 1.82) is 0 Å².